The van der Waals surface area contributed by atoms with Gasteiger partial charge in [0, 0.05) is 5.71 Å². The number of hydrogen-bond donors (Lipinski definition) is 0. The van der Waals surface area contributed by atoms with Gasteiger partial charge in [-0.3, -0.25) is 9.59 Å². The fourth-order valence-corrected chi connectivity index (χ4v) is 1.60. The Morgan fingerprint density at radius 1 is 1.24 bits per heavy atom. The van der Waals surface area contributed by atoms with Crippen molar-refractivity contribution < 1.29 is 9.59 Å². The molecule has 0 bridgehead atoms. The lowest BCUT2D eigenvalue weighted by molar-refractivity contribution is 0.0658. The van der Waals surface area contributed by atoms with Gasteiger partial charge in [-0.25, -0.2) is 0 Å². The molecule has 0 aliphatic carbocycles. The van der Waals surface area contributed by atoms with E-state index in [0.717, 1.165) is 5.01 Å². The molecule has 5 heteroatoms. The number of hydrazone groups is 1. The molecule has 0 N–H and O–H groups in total. The zero-order chi connectivity index (χ0) is 12.6. The average molecular weight is 295 g/mol. The Kier molecular flexibility index (Phi) is 3.11. The zero-order valence-corrected chi connectivity index (χ0v) is 11.1. The predicted octanol–water partition coefficient (Wildman–Crippen LogP) is 2.44. The number of nitrogens with zero attached hydrogens (tertiary/aromatic N) is 2. The van der Waals surface area contributed by atoms with Crippen molar-refractivity contribution in [1.82, 2.24) is 5.01 Å². The van der Waals surface area contributed by atoms with Crippen LogP contribution in [0.1, 0.15) is 34.6 Å². The van der Waals surface area contributed by atoms with Crippen LogP contribution in [0.3, 0.4) is 0 Å². The number of carbonyl (C=O) groups excluding carboxylic acids is 2. The molecule has 0 saturated carbocycles. The number of benzene rings is 1. The third-order valence-electron chi connectivity index (χ3n) is 2.61. The third kappa shape index (κ3) is 2.02. The third-order valence-corrected chi connectivity index (χ3v) is 3.27. The van der Waals surface area contributed by atoms with Crippen LogP contribution >= 0.6 is 15.9 Å². The highest BCUT2D eigenvalue weighted by Gasteiger charge is 2.35. The smallest absolute Gasteiger partial charge is 0.267 e. The van der Waals surface area contributed by atoms with Gasteiger partial charge in [0.15, 0.2) is 0 Å². The van der Waals surface area contributed by atoms with Gasteiger partial charge in [-0.2, -0.15) is 10.1 Å². The molecular formula is C12H11BrN2O2. The molecule has 17 heavy (non-hydrogen) atoms. The minimum atomic E-state index is -0.363. The molecule has 88 valence electrons. The number of carbonyl (C=O) groups is 2. The molecule has 2 amide bonds. The van der Waals surface area contributed by atoms with Crippen molar-refractivity contribution in [3.05, 3.63) is 35.4 Å². The summed E-state index contributed by atoms with van der Waals surface area (Å²) in [4.78, 5) is 23.9. The fraction of sp³-hybridized carbons (Fsp3) is 0.250. The second kappa shape index (κ2) is 4.41. The number of hydrogen-bond acceptors (Lipinski definition) is 3. The topological polar surface area (TPSA) is 49.7 Å². The van der Waals surface area contributed by atoms with Crippen LogP contribution in [-0.4, -0.2) is 27.4 Å². The molecule has 0 fully saturated rings. The lowest BCUT2D eigenvalue weighted by atomic mass is 10.1. The maximum Gasteiger partial charge on any atom is 0.282 e. The number of amides is 2. The van der Waals surface area contributed by atoms with Crippen molar-refractivity contribution in [3.63, 3.8) is 0 Å². The molecule has 1 heterocycles. The Morgan fingerprint density at radius 3 is 2.12 bits per heavy atom. The van der Waals surface area contributed by atoms with Crippen molar-refractivity contribution >= 4 is 33.5 Å². The van der Waals surface area contributed by atoms with Gasteiger partial charge in [0.2, 0.25) is 0 Å². The highest BCUT2D eigenvalue weighted by atomic mass is 79.9. The van der Waals surface area contributed by atoms with Crippen molar-refractivity contribution in [1.29, 1.82) is 0 Å². The van der Waals surface area contributed by atoms with E-state index >= 15 is 0 Å². The number of alkyl halides is 1. The number of rotatable bonds is 2. The van der Waals surface area contributed by atoms with Crippen LogP contribution in [0.4, 0.5) is 0 Å². The molecule has 1 unspecified atom stereocenters. The number of imide groups is 1. The summed E-state index contributed by atoms with van der Waals surface area (Å²) in [5.41, 5.74) is 1.51. The number of fused-ring (bicyclic) bond motifs is 1. The summed E-state index contributed by atoms with van der Waals surface area (Å²) in [5.74, 6) is -0.726. The fourth-order valence-electron chi connectivity index (χ4n) is 1.50. The Hall–Kier alpha value is -1.49. The summed E-state index contributed by atoms with van der Waals surface area (Å²) in [6.45, 7) is 3.65. The summed E-state index contributed by atoms with van der Waals surface area (Å²) in [5, 5.41) is 4.98. The van der Waals surface area contributed by atoms with E-state index in [1.54, 1.807) is 31.2 Å². The van der Waals surface area contributed by atoms with Crippen molar-refractivity contribution in [2.75, 3.05) is 0 Å². The van der Waals surface area contributed by atoms with E-state index < -0.39 is 0 Å². The Balaban J connectivity index is 2.40. The first kappa shape index (κ1) is 12.0. The molecule has 1 atom stereocenters. The second-order valence-corrected chi connectivity index (χ2v) is 5.20. The van der Waals surface area contributed by atoms with Gasteiger partial charge in [-0.05, 0) is 26.0 Å². The minimum absolute atomic E-state index is 0.0202. The van der Waals surface area contributed by atoms with E-state index in [-0.39, 0.29) is 16.6 Å². The van der Waals surface area contributed by atoms with E-state index in [9.17, 15) is 9.59 Å². The normalized spacial score (nSPS) is 17.4. The van der Waals surface area contributed by atoms with E-state index in [1.807, 2.05) is 6.92 Å². The Morgan fingerprint density at radius 2 is 1.71 bits per heavy atom. The summed E-state index contributed by atoms with van der Waals surface area (Å²) in [6.07, 6.45) is 0. The highest BCUT2D eigenvalue weighted by Crippen LogP contribution is 2.23. The van der Waals surface area contributed by atoms with Crippen molar-refractivity contribution in [2.24, 2.45) is 5.10 Å². The summed E-state index contributed by atoms with van der Waals surface area (Å²) < 4.78 is 0. The van der Waals surface area contributed by atoms with Crippen LogP contribution in [0.2, 0.25) is 0 Å². The molecule has 1 aromatic carbocycles. The predicted molar refractivity (Wildman–Crippen MR) is 68.4 cm³/mol. The molecule has 1 aromatic rings. The SMILES string of the molecule is C/C(=N\N1C(=O)c2ccccc2C1=O)C(C)Br. The molecule has 1 aliphatic heterocycles. The molecule has 2 rings (SSSR count). The van der Waals surface area contributed by atoms with Crippen LogP contribution in [-0.2, 0) is 0 Å². The maximum atomic E-state index is 11.9. The second-order valence-electron chi connectivity index (χ2n) is 3.83. The largest absolute Gasteiger partial charge is 0.282 e. The lowest BCUT2D eigenvalue weighted by Gasteiger charge is -2.09. The van der Waals surface area contributed by atoms with E-state index in [1.165, 1.54) is 0 Å². The highest BCUT2D eigenvalue weighted by molar-refractivity contribution is 9.10. The van der Waals surface area contributed by atoms with Crippen LogP contribution in [0.5, 0.6) is 0 Å². The molecule has 0 spiro atoms. The standard InChI is InChI=1S/C12H11BrN2O2/c1-7(13)8(2)14-15-11(16)9-5-3-4-6-10(9)12(15)17/h3-7H,1-2H3/b14-8+. The summed E-state index contributed by atoms with van der Waals surface area (Å²) in [6, 6.07) is 6.74. The van der Waals surface area contributed by atoms with Gasteiger partial charge in [0.05, 0.1) is 16.0 Å². The van der Waals surface area contributed by atoms with Gasteiger partial charge in [0.1, 0.15) is 0 Å². The first-order chi connectivity index (χ1) is 8.02. The first-order valence-corrected chi connectivity index (χ1v) is 6.11. The van der Waals surface area contributed by atoms with Gasteiger partial charge < -0.3 is 0 Å². The van der Waals surface area contributed by atoms with Crippen LogP contribution in [0.25, 0.3) is 0 Å². The van der Waals surface area contributed by atoms with Gasteiger partial charge in [-0.15, -0.1) is 0 Å². The minimum Gasteiger partial charge on any atom is -0.267 e. The van der Waals surface area contributed by atoms with Gasteiger partial charge in [0.25, 0.3) is 11.8 Å². The monoisotopic (exact) mass is 294 g/mol. The van der Waals surface area contributed by atoms with Crippen LogP contribution in [0, 0.1) is 0 Å². The Bertz CT molecular complexity index is 488. The first-order valence-electron chi connectivity index (χ1n) is 5.19. The maximum absolute atomic E-state index is 11.9. The van der Waals surface area contributed by atoms with Gasteiger partial charge >= 0.3 is 0 Å². The zero-order valence-electron chi connectivity index (χ0n) is 9.48. The quantitative estimate of drug-likeness (QED) is 0.478. The average Bonchev–Trinajstić information content (AvgIpc) is 2.55. The summed E-state index contributed by atoms with van der Waals surface area (Å²) >= 11 is 3.34. The Labute approximate surface area is 107 Å². The molecule has 0 saturated heterocycles. The van der Waals surface area contributed by atoms with E-state index in [4.69, 9.17) is 0 Å². The lowest BCUT2D eigenvalue weighted by Crippen LogP contribution is -2.26. The molecule has 4 nitrogen and oxygen atoms in total. The molecule has 1 aliphatic rings. The molecule has 0 aromatic heterocycles. The summed E-state index contributed by atoms with van der Waals surface area (Å²) in [7, 11) is 0. The molecule has 0 radical (unpaired) electrons. The number of halogens is 1. The van der Waals surface area contributed by atoms with Crippen LogP contribution in [0.15, 0.2) is 29.4 Å². The van der Waals surface area contributed by atoms with E-state index in [0.29, 0.717) is 16.8 Å². The van der Waals surface area contributed by atoms with Crippen molar-refractivity contribution in [2.45, 2.75) is 18.7 Å². The molecular weight excluding hydrogens is 284 g/mol. The van der Waals surface area contributed by atoms with Crippen LogP contribution < -0.4 is 0 Å². The van der Waals surface area contributed by atoms with E-state index in [2.05, 4.69) is 21.0 Å². The van der Waals surface area contributed by atoms with Gasteiger partial charge in [-0.1, -0.05) is 28.1 Å². The van der Waals surface area contributed by atoms with Crippen molar-refractivity contribution in [3.8, 4) is 0 Å².